The molecular weight excluding hydrogens is 232 g/mol. The van der Waals surface area contributed by atoms with Gasteiger partial charge in [-0.15, -0.1) is 11.6 Å². The van der Waals surface area contributed by atoms with E-state index < -0.39 is 0 Å². The van der Waals surface area contributed by atoms with Crippen LogP contribution in [0.3, 0.4) is 0 Å². The van der Waals surface area contributed by atoms with Crippen molar-refractivity contribution >= 4 is 17.2 Å². The van der Waals surface area contributed by atoms with E-state index in [4.69, 9.17) is 16.3 Å². The number of hydrogen-bond acceptors (Lipinski definition) is 1. The standard InChI is InChI=1S/C15H19ClO/c1-11-7-8-15(17-2)14(9-11)12-5-3-4-6-13(16)10-12/h7-10,13H,3-6H2,1-2H3. The zero-order valence-electron chi connectivity index (χ0n) is 10.5. The van der Waals surface area contributed by atoms with Gasteiger partial charge in [0.25, 0.3) is 0 Å². The van der Waals surface area contributed by atoms with E-state index in [1.807, 2.05) is 6.07 Å². The van der Waals surface area contributed by atoms with Gasteiger partial charge >= 0.3 is 0 Å². The van der Waals surface area contributed by atoms with Gasteiger partial charge in [-0.05, 0) is 43.9 Å². The number of rotatable bonds is 2. The van der Waals surface area contributed by atoms with Crippen LogP contribution >= 0.6 is 11.6 Å². The minimum atomic E-state index is 0.165. The Morgan fingerprint density at radius 1 is 1.29 bits per heavy atom. The minimum Gasteiger partial charge on any atom is -0.496 e. The molecule has 0 bridgehead atoms. The number of halogens is 1. The van der Waals surface area contributed by atoms with Gasteiger partial charge < -0.3 is 4.74 Å². The molecule has 1 aliphatic rings. The lowest BCUT2D eigenvalue weighted by Crippen LogP contribution is -1.95. The van der Waals surface area contributed by atoms with Crippen molar-refractivity contribution in [2.75, 3.05) is 7.11 Å². The van der Waals surface area contributed by atoms with Crippen LogP contribution in [0, 0.1) is 6.92 Å². The molecule has 0 radical (unpaired) electrons. The highest BCUT2D eigenvalue weighted by molar-refractivity contribution is 6.22. The Bertz CT molecular complexity index is 423. The smallest absolute Gasteiger partial charge is 0.126 e. The second-order valence-electron chi connectivity index (χ2n) is 4.66. The highest BCUT2D eigenvalue weighted by atomic mass is 35.5. The maximum absolute atomic E-state index is 6.28. The summed E-state index contributed by atoms with van der Waals surface area (Å²) in [5, 5.41) is 0.165. The van der Waals surface area contributed by atoms with Gasteiger partial charge in [-0.25, -0.2) is 0 Å². The van der Waals surface area contributed by atoms with Gasteiger partial charge in [0.2, 0.25) is 0 Å². The Morgan fingerprint density at radius 3 is 2.88 bits per heavy atom. The number of aryl methyl sites for hydroxylation is 1. The summed E-state index contributed by atoms with van der Waals surface area (Å²) in [5.41, 5.74) is 3.81. The van der Waals surface area contributed by atoms with Crippen molar-refractivity contribution in [3.8, 4) is 5.75 Å². The molecule has 0 aromatic heterocycles. The molecule has 0 saturated carbocycles. The average Bonchev–Trinajstić information content (AvgIpc) is 2.54. The number of allylic oxidation sites excluding steroid dienone is 2. The third-order valence-corrected chi connectivity index (χ3v) is 3.60. The van der Waals surface area contributed by atoms with E-state index in [2.05, 4.69) is 25.1 Å². The largest absolute Gasteiger partial charge is 0.496 e. The molecule has 1 aromatic carbocycles. The normalized spacial score (nSPS) is 20.6. The molecule has 92 valence electrons. The van der Waals surface area contributed by atoms with Crippen LogP contribution in [-0.2, 0) is 0 Å². The molecule has 17 heavy (non-hydrogen) atoms. The van der Waals surface area contributed by atoms with Crippen LogP contribution in [0.15, 0.2) is 24.3 Å². The molecule has 1 aliphatic carbocycles. The summed E-state index contributed by atoms with van der Waals surface area (Å²) in [6, 6.07) is 6.32. The minimum absolute atomic E-state index is 0.165. The van der Waals surface area contributed by atoms with Gasteiger partial charge in [0.1, 0.15) is 5.75 Å². The van der Waals surface area contributed by atoms with Crippen molar-refractivity contribution in [2.45, 2.75) is 38.0 Å². The third-order valence-electron chi connectivity index (χ3n) is 3.26. The molecule has 0 heterocycles. The van der Waals surface area contributed by atoms with Crippen LogP contribution < -0.4 is 4.74 Å². The fourth-order valence-corrected chi connectivity index (χ4v) is 2.64. The van der Waals surface area contributed by atoms with E-state index >= 15 is 0 Å². The van der Waals surface area contributed by atoms with Gasteiger partial charge in [0.05, 0.1) is 12.5 Å². The van der Waals surface area contributed by atoms with Crippen molar-refractivity contribution in [3.05, 3.63) is 35.4 Å². The summed E-state index contributed by atoms with van der Waals surface area (Å²) in [6.45, 7) is 2.11. The molecule has 0 amide bonds. The highest BCUT2D eigenvalue weighted by Crippen LogP contribution is 2.34. The molecule has 1 unspecified atom stereocenters. The van der Waals surface area contributed by atoms with Gasteiger partial charge in [0.15, 0.2) is 0 Å². The van der Waals surface area contributed by atoms with E-state index in [1.54, 1.807) is 7.11 Å². The maximum Gasteiger partial charge on any atom is 0.126 e. The Hall–Kier alpha value is -0.950. The molecule has 1 nitrogen and oxygen atoms in total. The zero-order chi connectivity index (χ0) is 12.3. The average molecular weight is 251 g/mol. The lowest BCUT2D eigenvalue weighted by Gasteiger charge is -2.12. The van der Waals surface area contributed by atoms with Crippen LogP contribution in [0.4, 0.5) is 0 Å². The van der Waals surface area contributed by atoms with Gasteiger partial charge in [-0.1, -0.05) is 24.1 Å². The SMILES string of the molecule is COc1ccc(C)cc1C1=CC(Cl)CCCC1. The molecule has 2 heteroatoms. The van der Waals surface area contributed by atoms with Crippen LogP contribution in [-0.4, -0.2) is 12.5 Å². The highest BCUT2D eigenvalue weighted by Gasteiger charge is 2.14. The van der Waals surface area contributed by atoms with E-state index in [9.17, 15) is 0 Å². The monoisotopic (exact) mass is 250 g/mol. The first-order valence-electron chi connectivity index (χ1n) is 6.20. The van der Waals surface area contributed by atoms with E-state index in [-0.39, 0.29) is 5.38 Å². The number of alkyl halides is 1. The van der Waals surface area contributed by atoms with E-state index in [0.29, 0.717) is 0 Å². The fourth-order valence-electron chi connectivity index (χ4n) is 2.34. The fraction of sp³-hybridized carbons (Fsp3) is 0.467. The predicted octanol–water partition coefficient (Wildman–Crippen LogP) is 4.57. The molecule has 0 spiro atoms. The quantitative estimate of drug-likeness (QED) is 0.699. The van der Waals surface area contributed by atoms with Gasteiger partial charge in [-0.2, -0.15) is 0 Å². The molecule has 0 aliphatic heterocycles. The molecule has 2 rings (SSSR count). The Kier molecular flexibility index (Phi) is 4.11. The van der Waals surface area contributed by atoms with Gasteiger partial charge in [-0.3, -0.25) is 0 Å². The number of benzene rings is 1. The summed E-state index contributed by atoms with van der Waals surface area (Å²) >= 11 is 6.28. The molecule has 0 saturated heterocycles. The van der Waals surface area contributed by atoms with Crippen molar-refractivity contribution in [1.82, 2.24) is 0 Å². The summed E-state index contributed by atoms with van der Waals surface area (Å²) in [7, 11) is 1.73. The molecular formula is C15H19ClO. The van der Waals surface area contributed by atoms with Gasteiger partial charge in [0, 0.05) is 5.56 Å². The number of hydrogen-bond donors (Lipinski definition) is 0. The zero-order valence-corrected chi connectivity index (χ0v) is 11.3. The first-order valence-corrected chi connectivity index (χ1v) is 6.64. The summed E-state index contributed by atoms with van der Waals surface area (Å²) < 4.78 is 5.45. The molecule has 1 aromatic rings. The van der Waals surface area contributed by atoms with Crippen LogP contribution in [0.1, 0.15) is 36.8 Å². The van der Waals surface area contributed by atoms with Crippen LogP contribution in [0.2, 0.25) is 0 Å². The second kappa shape index (κ2) is 5.59. The summed E-state index contributed by atoms with van der Waals surface area (Å²) in [5.74, 6) is 0.951. The third kappa shape index (κ3) is 3.04. The van der Waals surface area contributed by atoms with E-state index in [1.165, 1.54) is 29.5 Å². The predicted molar refractivity (Wildman–Crippen MR) is 73.8 cm³/mol. The topological polar surface area (TPSA) is 9.23 Å². The summed E-state index contributed by atoms with van der Waals surface area (Å²) in [6.07, 6.45) is 6.81. The molecule has 0 fully saturated rings. The Morgan fingerprint density at radius 2 is 2.12 bits per heavy atom. The summed E-state index contributed by atoms with van der Waals surface area (Å²) in [4.78, 5) is 0. The Balaban J connectivity index is 2.40. The van der Waals surface area contributed by atoms with Crippen molar-refractivity contribution < 1.29 is 4.74 Å². The first kappa shape index (κ1) is 12.5. The lowest BCUT2D eigenvalue weighted by molar-refractivity contribution is 0.413. The Labute approximate surface area is 108 Å². The van der Waals surface area contributed by atoms with E-state index in [0.717, 1.165) is 18.6 Å². The first-order chi connectivity index (χ1) is 8.20. The van der Waals surface area contributed by atoms with Crippen molar-refractivity contribution in [3.63, 3.8) is 0 Å². The van der Waals surface area contributed by atoms with Crippen LogP contribution in [0.5, 0.6) is 5.75 Å². The maximum atomic E-state index is 6.28. The number of ether oxygens (including phenoxy) is 1. The molecule has 0 N–H and O–H groups in total. The van der Waals surface area contributed by atoms with Crippen molar-refractivity contribution in [2.24, 2.45) is 0 Å². The second-order valence-corrected chi connectivity index (χ2v) is 5.22. The van der Waals surface area contributed by atoms with Crippen molar-refractivity contribution in [1.29, 1.82) is 0 Å². The van der Waals surface area contributed by atoms with Crippen LogP contribution in [0.25, 0.3) is 5.57 Å². The lowest BCUT2D eigenvalue weighted by atomic mass is 9.98. The molecule has 1 atom stereocenters. The number of methoxy groups -OCH3 is 1.